The molecule has 26 heavy (non-hydrogen) atoms. The third-order valence-electron chi connectivity index (χ3n) is 3.81. The van der Waals surface area contributed by atoms with Crippen LogP contribution in [0.2, 0.25) is 0 Å². The van der Waals surface area contributed by atoms with E-state index < -0.39 is 18.5 Å². The molecule has 2 aromatic carbocycles. The lowest BCUT2D eigenvalue weighted by Crippen LogP contribution is -2.20. The molecule has 0 atom stereocenters. The first kappa shape index (κ1) is 17.3. The lowest BCUT2D eigenvalue weighted by atomic mass is 10.2. The van der Waals surface area contributed by atoms with Gasteiger partial charge < -0.3 is 24.5 Å². The molecule has 0 saturated carbocycles. The number of hydrogen-bond donors (Lipinski definition) is 2. The topological polar surface area (TPSA) is 89.6 Å². The fourth-order valence-electron chi connectivity index (χ4n) is 2.56. The Morgan fingerprint density at radius 1 is 1.04 bits per heavy atom. The van der Waals surface area contributed by atoms with E-state index in [9.17, 15) is 9.59 Å². The third-order valence-corrected chi connectivity index (χ3v) is 3.81. The number of aromatic nitrogens is 1. The van der Waals surface area contributed by atoms with Gasteiger partial charge in [-0.2, -0.15) is 0 Å². The molecule has 0 aliphatic heterocycles. The minimum Gasteiger partial charge on any atom is -0.493 e. The van der Waals surface area contributed by atoms with Gasteiger partial charge in [-0.25, -0.2) is 4.79 Å². The highest BCUT2D eigenvalue weighted by Crippen LogP contribution is 2.29. The maximum absolute atomic E-state index is 12.2. The van der Waals surface area contributed by atoms with Crippen molar-refractivity contribution in [3.05, 3.63) is 54.2 Å². The number of nitrogens with one attached hydrogen (secondary N) is 2. The average molecular weight is 354 g/mol. The number of aromatic amines is 1. The molecule has 0 saturated heterocycles. The van der Waals surface area contributed by atoms with Crippen LogP contribution in [0.1, 0.15) is 10.4 Å². The largest absolute Gasteiger partial charge is 0.493 e. The van der Waals surface area contributed by atoms with Gasteiger partial charge in [-0.15, -0.1) is 0 Å². The van der Waals surface area contributed by atoms with Crippen LogP contribution in [-0.4, -0.2) is 37.7 Å². The van der Waals surface area contributed by atoms with Crippen LogP contribution in [0.25, 0.3) is 10.9 Å². The van der Waals surface area contributed by atoms with Gasteiger partial charge in [0.25, 0.3) is 5.91 Å². The molecule has 0 radical (unpaired) electrons. The number of amides is 1. The molecule has 7 heteroatoms. The number of H-pyrrole nitrogens is 1. The van der Waals surface area contributed by atoms with Crippen LogP contribution in [0.4, 0.5) is 5.69 Å². The fraction of sp³-hybridized carbons (Fsp3) is 0.158. The van der Waals surface area contributed by atoms with Gasteiger partial charge in [0, 0.05) is 28.9 Å². The van der Waals surface area contributed by atoms with Crippen molar-refractivity contribution in [1.82, 2.24) is 4.98 Å². The molecule has 2 N–H and O–H groups in total. The lowest BCUT2D eigenvalue weighted by molar-refractivity contribution is -0.119. The summed E-state index contributed by atoms with van der Waals surface area (Å²) in [6, 6.07) is 12.3. The van der Waals surface area contributed by atoms with E-state index in [0.29, 0.717) is 22.7 Å². The molecule has 1 aromatic heterocycles. The molecule has 1 heterocycles. The summed E-state index contributed by atoms with van der Waals surface area (Å²) >= 11 is 0. The van der Waals surface area contributed by atoms with Crippen molar-refractivity contribution in [1.29, 1.82) is 0 Å². The molecule has 0 aliphatic carbocycles. The van der Waals surface area contributed by atoms with Gasteiger partial charge in [0.15, 0.2) is 18.1 Å². The number of hydrogen-bond acceptors (Lipinski definition) is 5. The van der Waals surface area contributed by atoms with Crippen LogP contribution in [0.15, 0.2) is 48.7 Å². The Hall–Kier alpha value is -3.48. The zero-order chi connectivity index (χ0) is 18.5. The summed E-state index contributed by atoms with van der Waals surface area (Å²) in [6.07, 6.45) is 1.57. The maximum Gasteiger partial charge on any atom is 0.340 e. The molecule has 7 nitrogen and oxygen atoms in total. The van der Waals surface area contributed by atoms with E-state index in [1.807, 2.05) is 24.3 Å². The van der Waals surface area contributed by atoms with E-state index in [0.717, 1.165) is 10.9 Å². The van der Waals surface area contributed by atoms with Crippen molar-refractivity contribution >= 4 is 28.5 Å². The molecular weight excluding hydrogens is 336 g/mol. The van der Waals surface area contributed by atoms with Gasteiger partial charge in [-0.3, -0.25) is 4.79 Å². The quantitative estimate of drug-likeness (QED) is 0.664. The minimum absolute atomic E-state index is 0.388. The molecule has 3 aromatic rings. The number of methoxy groups -OCH3 is 2. The molecule has 0 bridgehead atoms. The number of ether oxygens (including phenoxy) is 3. The lowest BCUT2D eigenvalue weighted by Gasteiger charge is -2.10. The number of rotatable bonds is 6. The van der Waals surface area contributed by atoms with E-state index >= 15 is 0 Å². The highest BCUT2D eigenvalue weighted by molar-refractivity contribution is 6.05. The number of carbonyl (C=O) groups excluding carboxylic acids is 2. The minimum atomic E-state index is -0.565. The van der Waals surface area contributed by atoms with Gasteiger partial charge in [0.1, 0.15) is 0 Å². The fourth-order valence-corrected chi connectivity index (χ4v) is 2.56. The summed E-state index contributed by atoms with van der Waals surface area (Å²) in [5.74, 6) is 0.0210. The number of benzene rings is 2. The van der Waals surface area contributed by atoms with Crippen molar-refractivity contribution in [2.24, 2.45) is 0 Å². The van der Waals surface area contributed by atoms with Crippen LogP contribution in [-0.2, 0) is 9.53 Å². The summed E-state index contributed by atoms with van der Waals surface area (Å²) in [5, 5.41) is 3.39. The number of anilines is 1. The first-order valence-corrected chi connectivity index (χ1v) is 7.87. The second kappa shape index (κ2) is 7.60. The standard InChI is InChI=1S/C19H18N2O5/c1-24-16-8-7-12(9-17(16)25-2)21-18(22)11-26-19(23)14-10-20-15-6-4-3-5-13(14)15/h3-10,20H,11H2,1-2H3,(H,21,22). The number of para-hydroxylation sites is 1. The third kappa shape index (κ3) is 3.61. The van der Waals surface area contributed by atoms with Crippen molar-refractivity contribution in [2.75, 3.05) is 26.1 Å². The van der Waals surface area contributed by atoms with Crippen LogP contribution in [0.5, 0.6) is 11.5 Å². The average Bonchev–Trinajstić information content (AvgIpc) is 3.10. The zero-order valence-corrected chi connectivity index (χ0v) is 14.4. The van der Waals surface area contributed by atoms with Crippen molar-refractivity contribution < 1.29 is 23.8 Å². The Morgan fingerprint density at radius 3 is 2.58 bits per heavy atom. The molecule has 134 valence electrons. The van der Waals surface area contributed by atoms with Crippen LogP contribution in [0.3, 0.4) is 0 Å². The van der Waals surface area contributed by atoms with E-state index in [-0.39, 0.29) is 0 Å². The Morgan fingerprint density at radius 2 is 1.81 bits per heavy atom. The van der Waals surface area contributed by atoms with E-state index in [2.05, 4.69) is 10.3 Å². The molecule has 0 spiro atoms. The molecule has 1 amide bonds. The first-order chi connectivity index (χ1) is 12.6. The highest BCUT2D eigenvalue weighted by Gasteiger charge is 2.15. The van der Waals surface area contributed by atoms with Gasteiger partial charge in [-0.1, -0.05) is 18.2 Å². The summed E-state index contributed by atoms with van der Waals surface area (Å²) in [6.45, 7) is -0.396. The zero-order valence-electron chi connectivity index (χ0n) is 14.4. The molecule has 0 fully saturated rings. The summed E-state index contributed by atoms with van der Waals surface area (Å²) in [4.78, 5) is 27.2. The van der Waals surface area contributed by atoms with Crippen molar-refractivity contribution in [3.63, 3.8) is 0 Å². The van der Waals surface area contributed by atoms with E-state index in [4.69, 9.17) is 14.2 Å². The summed E-state index contributed by atoms with van der Waals surface area (Å²) < 4.78 is 15.4. The molecule has 3 rings (SSSR count). The number of esters is 1. The number of carbonyl (C=O) groups is 2. The Kier molecular flexibility index (Phi) is 5.07. The van der Waals surface area contributed by atoms with Crippen LogP contribution < -0.4 is 14.8 Å². The Labute approximate surface area is 149 Å². The molecule has 0 unspecified atom stereocenters. The predicted octanol–water partition coefficient (Wildman–Crippen LogP) is 2.98. The Balaban J connectivity index is 1.61. The van der Waals surface area contributed by atoms with Gasteiger partial charge in [0.05, 0.1) is 19.8 Å². The monoisotopic (exact) mass is 354 g/mol. The maximum atomic E-state index is 12.2. The Bertz CT molecular complexity index is 948. The van der Waals surface area contributed by atoms with E-state index in [1.54, 1.807) is 24.4 Å². The van der Waals surface area contributed by atoms with Crippen LogP contribution >= 0.6 is 0 Å². The van der Waals surface area contributed by atoms with Crippen molar-refractivity contribution in [3.8, 4) is 11.5 Å². The molecule has 0 aliphatic rings. The number of fused-ring (bicyclic) bond motifs is 1. The molecular formula is C19H18N2O5. The van der Waals surface area contributed by atoms with Gasteiger partial charge in [0.2, 0.25) is 0 Å². The second-order valence-corrected chi connectivity index (χ2v) is 5.44. The second-order valence-electron chi connectivity index (χ2n) is 5.44. The van der Waals surface area contributed by atoms with Gasteiger partial charge >= 0.3 is 5.97 Å². The normalized spacial score (nSPS) is 10.4. The van der Waals surface area contributed by atoms with Crippen molar-refractivity contribution in [2.45, 2.75) is 0 Å². The summed E-state index contributed by atoms with van der Waals surface area (Å²) in [7, 11) is 3.03. The van der Waals surface area contributed by atoms with Gasteiger partial charge in [-0.05, 0) is 18.2 Å². The van der Waals surface area contributed by atoms with Crippen LogP contribution in [0, 0.1) is 0 Å². The summed E-state index contributed by atoms with van der Waals surface area (Å²) in [5.41, 5.74) is 1.73. The predicted molar refractivity (Wildman–Crippen MR) is 96.8 cm³/mol. The van der Waals surface area contributed by atoms with E-state index in [1.165, 1.54) is 14.2 Å². The highest BCUT2D eigenvalue weighted by atomic mass is 16.5. The SMILES string of the molecule is COc1ccc(NC(=O)COC(=O)c2c[nH]c3ccccc23)cc1OC. The first-order valence-electron chi connectivity index (χ1n) is 7.87. The smallest absolute Gasteiger partial charge is 0.340 e.